The Kier molecular flexibility index (Phi) is 1.51. The molecular formula is C8H7N3O. The van der Waals surface area contributed by atoms with Gasteiger partial charge in [-0.3, -0.25) is 4.98 Å². The minimum absolute atomic E-state index is 0.665. The summed E-state index contributed by atoms with van der Waals surface area (Å²) in [6.45, 7) is 0. The molecule has 12 heavy (non-hydrogen) atoms. The van der Waals surface area contributed by atoms with Crippen LogP contribution in [0.15, 0.2) is 36.7 Å². The maximum absolute atomic E-state index is 8.89. The second-order valence-corrected chi connectivity index (χ2v) is 2.34. The van der Waals surface area contributed by atoms with Crippen LogP contribution in [0.4, 0.5) is 0 Å². The van der Waals surface area contributed by atoms with Gasteiger partial charge in [0.05, 0.1) is 11.9 Å². The van der Waals surface area contributed by atoms with Crippen LogP contribution in [0.2, 0.25) is 0 Å². The lowest BCUT2D eigenvalue weighted by Crippen LogP contribution is -1.90. The van der Waals surface area contributed by atoms with Crippen molar-refractivity contribution in [3.8, 4) is 11.4 Å². The van der Waals surface area contributed by atoms with E-state index in [0.717, 1.165) is 10.5 Å². The Labute approximate surface area is 69.1 Å². The van der Waals surface area contributed by atoms with Gasteiger partial charge in [0.2, 0.25) is 0 Å². The highest BCUT2D eigenvalue weighted by Gasteiger charge is 2.00. The van der Waals surface area contributed by atoms with Crippen LogP contribution < -0.4 is 0 Å². The highest BCUT2D eigenvalue weighted by atomic mass is 16.5. The van der Waals surface area contributed by atoms with Crippen LogP contribution in [0, 0.1) is 0 Å². The molecular weight excluding hydrogens is 154 g/mol. The summed E-state index contributed by atoms with van der Waals surface area (Å²) in [5.74, 6) is 0. The van der Waals surface area contributed by atoms with Crippen molar-refractivity contribution in [2.75, 3.05) is 0 Å². The number of nitrogens with zero attached hydrogens (tertiary/aromatic N) is 3. The number of hydrogen-bond donors (Lipinski definition) is 1. The van der Waals surface area contributed by atoms with Crippen molar-refractivity contribution in [2.24, 2.45) is 0 Å². The van der Waals surface area contributed by atoms with Crippen LogP contribution in [0.1, 0.15) is 0 Å². The molecule has 0 atom stereocenters. The van der Waals surface area contributed by atoms with E-state index in [1.165, 1.54) is 6.20 Å². The first-order valence-corrected chi connectivity index (χ1v) is 3.52. The van der Waals surface area contributed by atoms with E-state index in [-0.39, 0.29) is 0 Å². The first-order chi connectivity index (χ1) is 5.86. The molecule has 0 aliphatic rings. The van der Waals surface area contributed by atoms with Crippen LogP contribution >= 0.6 is 0 Å². The second kappa shape index (κ2) is 2.65. The molecule has 0 bridgehead atoms. The standard InChI is InChI=1S/C8H7N3O/c12-11-6-4-8(10-11)7-3-1-2-5-9-7/h1-6,12H. The predicted molar refractivity (Wildman–Crippen MR) is 42.6 cm³/mol. The molecule has 60 valence electrons. The fourth-order valence-electron chi connectivity index (χ4n) is 0.965. The average Bonchev–Trinajstić information content (AvgIpc) is 2.54. The summed E-state index contributed by atoms with van der Waals surface area (Å²) >= 11 is 0. The molecule has 2 rings (SSSR count). The van der Waals surface area contributed by atoms with Crippen molar-refractivity contribution in [2.45, 2.75) is 0 Å². The lowest BCUT2D eigenvalue weighted by molar-refractivity contribution is 0.149. The zero-order valence-corrected chi connectivity index (χ0v) is 6.25. The van der Waals surface area contributed by atoms with E-state index in [1.54, 1.807) is 12.3 Å². The number of aromatic nitrogens is 3. The van der Waals surface area contributed by atoms with E-state index in [9.17, 15) is 0 Å². The zero-order valence-electron chi connectivity index (χ0n) is 6.25. The van der Waals surface area contributed by atoms with Crippen LogP contribution in [0.25, 0.3) is 11.4 Å². The molecule has 4 heteroatoms. The van der Waals surface area contributed by atoms with Gasteiger partial charge in [-0.2, -0.15) is 0 Å². The minimum Gasteiger partial charge on any atom is -0.412 e. The third-order valence-electron chi connectivity index (χ3n) is 1.50. The van der Waals surface area contributed by atoms with E-state index < -0.39 is 0 Å². The molecule has 4 nitrogen and oxygen atoms in total. The lowest BCUT2D eigenvalue weighted by Gasteiger charge is -1.91. The summed E-state index contributed by atoms with van der Waals surface area (Å²) in [5, 5.41) is 12.7. The molecule has 0 radical (unpaired) electrons. The molecule has 0 aliphatic carbocycles. The maximum Gasteiger partial charge on any atom is 0.114 e. The van der Waals surface area contributed by atoms with Gasteiger partial charge in [0.1, 0.15) is 5.69 Å². The number of pyridine rings is 1. The Balaban J connectivity index is 2.45. The average molecular weight is 161 g/mol. The zero-order chi connectivity index (χ0) is 8.39. The first-order valence-electron chi connectivity index (χ1n) is 3.52. The van der Waals surface area contributed by atoms with Gasteiger partial charge in [0.25, 0.3) is 0 Å². The highest BCUT2D eigenvalue weighted by molar-refractivity contribution is 5.52. The van der Waals surface area contributed by atoms with Gasteiger partial charge in [-0.05, 0) is 18.2 Å². The van der Waals surface area contributed by atoms with Gasteiger partial charge in [-0.15, -0.1) is 9.94 Å². The Bertz CT molecular complexity index is 369. The Morgan fingerprint density at radius 3 is 2.67 bits per heavy atom. The summed E-state index contributed by atoms with van der Waals surface area (Å²) in [4.78, 5) is 4.84. The van der Waals surface area contributed by atoms with Gasteiger partial charge < -0.3 is 5.21 Å². The first kappa shape index (κ1) is 6.84. The van der Waals surface area contributed by atoms with Crippen molar-refractivity contribution in [1.82, 2.24) is 14.9 Å². The topological polar surface area (TPSA) is 50.9 Å². The van der Waals surface area contributed by atoms with E-state index >= 15 is 0 Å². The SMILES string of the molecule is On1ccc(-c2ccccn2)n1. The molecule has 2 aromatic rings. The van der Waals surface area contributed by atoms with Crippen molar-refractivity contribution < 1.29 is 5.21 Å². The Morgan fingerprint density at radius 1 is 1.17 bits per heavy atom. The van der Waals surface area contributed by atoms with Gasteiger partial charge in [-0.25, -0.2) is 0 Å². The normalized spacial score (nSPS) is 10.0. The largest absolute Gasteiger partial charge is 0.412 e. The summed E-state index contributed by atoms with van der Waals surface area (Å²) in [6.07, 6.45) is 3.15. The fraction of sp³-hybridized carbons (Fsp3) is 0. The lowest BCUT2D eigenvalue weighted by atomic mass is 10.3. The van der Waals surface area contributed by atoms with Crippen molar-refractivity contribution >= 4 is 0 Å². The molecule has 0 aromatic carbocycles. The van der Waals surface area contributed by atoms with Gasteiger partial charge >= 0.3 is 0 Å². The molecule has 0 amide bonds. The molecule has 1 N–H and O–H groups in total. The molecule has 2 heterocycles. The van der Waals surface area contributed by atoms with Gasteiger partial charge in [0.15, 0.2) is 0 Å². The monoisotopic (exact) mass is 161 g/mol. The van der Waals surface area contributed by atoms with Gasteiger partial charge in [0, 0.05) is 6.20 Å². The third kappa shape index (κ3) is 1.14. The summed E-state index contributed by atoms with van der Waals surface area (Å²) < 4.78 is 0. The molecule has 0 saturated carbocycles. The summed E-state index contributed by atoms with van der Waals surface area (Å²) in [6, 6.07) is 7.24. The van der Waals surface area contributed by atoms with Gasteiger partial charge in [-0.1, -0.05) is 6.07 Å². The predicted octanol–water partition coefficient (Wildman–Crippen LogP) is 1.18. The maximum atomic E-state index is 8.89. The highest BCUT2D eigenvalue weighted by Crippen LogP contribution is 2.11. The molecule has 0 spiro atoms. The smallest absolute Gasteiger partial charge is 0.114 e. The number of hydrogen-bond acceptors (Lipinski definition) is 3. The van der Waals surface area contributed by atoms with E-state index in [2.05, 4.69) is 10.1 Å². The second-order valence-electron chi connectivity index (χ2n) is 2.34. The summed E-state index contributed by atoms with van der Waals surface area (Å²) in [5.41, 5.74) is 1.42. The molecule has 0 fully saturated rings. The molecule has 2 aromatic heterocycles. The van der Waals surface area contributed by atoms with E-state index in [1.807, 2.05) is 18.2 Å². The fourth-order valence-corrected chi connectivity index (χ4v) is 0.965. The van der Waals surface area contributed by atoms with Crippen LogP contribution in [-0.4, -0.2) is 20.1 Å². The van der Waals surface area contributed by atoms with Crippen LogP contribution in [0.3, 0.4) is 0 Å². The van der Waals surface area contributed by atoms with Crippen molar-refractivity contribution in [1.29, 1.82) is 0 Å². The third-order valence-corrected chi connectivity index (χ3v) is 1.50. The van der Waals surface area contributed by atoms with E-state index in [4.69, 9.17) is 5.21 Å². The van der Waals surface area contributed by atoms with Crippen LogP contribution in [0.5, 0.6) is 0 Å². The van der Waals surface area contributed by atoms with E-state index in [0.29, 0.717) is 5.69 Å². The molecule has 0 unspecified atom stereocenters. The number of rotatable bonds is 1. The van der Waals surface area contributed by atoms with Crippen molar-refractivity contribution in [3.05, 3.63) is 36.7 Å². The summed E-state index contributed by atoms with van der Waals surface area (Å²) in [7, 11) is 0. The Hall–Kier alpha value is -1.84. The molecule has 0 aliphatic heterocycles. The van der Waals surface area contributed by atoms with Crippen molar-refractivity contribution in [3.63, 3.8) is 0 Å². The minimum atomic E-state index is 0.665. The quantitative estimate of drug-likeness (QED) is 0.639. The van der Waals surface area contributed by atoms with Crippen LogP contribution in [-0.2, 0) is 0 Å². The Morgan fingerprint density at radius 2 is 2.08 bits per heavy atom. The molecule has 0 saturated heterocycles.